The molecule has 0 aliphatic rings. The summed E-state index contributed by atoms with van der Waals surface area (Å²) in [7, 11) is 0. The third-order valence-corrected chi connectivity index (χ3v) is 7.13. The number of carbonyl (C=O) groups excluding carboxylic acids is 1. The van der Waals surface area contributed by atoms with Gasteiger partial charge in [-0.1, -0.05) is 134 Å². The Kier molecular flexibility index (Phi) is 16.5. The fraction of sp³-hybridized carbons (Fsp3) is 0.618. The van der Waals surface area contributed by atoms with Crippen LogP contribution in [-0.2, 0) is 9.53 Å². The number of esters is 1. The first kappa shape index (κ1) is 30.9. The molecule has 206 valence electrons. The number of hydrogen-bond donors (Lipinski definition) is 0. The molecule has 3 nitrogen and oxygen atoms in total. The summed E-state index contributed by atoms with van der Waals surface area (Å²) >= 11 is 0. The maximum absolute atomic E-state index is 12.2. The summed E-state index contributed by atoms with van der Waals surface area (Å²) in [6.07, 6.45) is 19.3. The van der Waals surface area contributed by atoms with E-state index in [1.807, 2.05) is 6.92 Å². The SMILES string of the molecule is CCCCCCCCCCCOc1ccc(-c2ccc(C(C)OC(=O)CCCCCCCC)cc2)cc1. The van der Waals surface area contributed by atoms with Crippen LogP contribution in [0.25, 0.3) is 11.1 Å². The van der Waals surface area contributed by atoms with Gasteiger partial charge < -0.3 is 9.47 Å². The molecule has 0 aromatic heterocycles. The molecule has 0 aliphatic carbocycles. The Bertz CT molecular complexity index is 825. The molecule has 2 rings (SSSR count). The Morgan fingerprint density at radius 1 is 0.622 bits per heavy atom. The predicted octanol–water partition coefficient (Wildman–Crippen LogP) is 10.6. The zero-order chi connectivity index (χ0) is 26.6. The second-order valence-corrected chi connectivity index (χ2v) is 10.5. The summed E-state index contributed by atoms with van der Waals surface area (Å²) in [5.41, 5.74) is 3.34. The Balaban J connectivity index is 1.65. The van der Waals surface area contributed by atoms with E-state index in [4.69, 9.17) is 9.47 Å². The van der Waals surface area contributed by atoms with Crippen LogP contribution in [0.15, 0.2) is 48.5 Å². The molecule has 0 N–H and O–H groups in total. The molecule has 0 saturated heterocycles. The maximum Gasteiger partial charge on any atom is 0.306 e. The van der Waals surface area contributed by atoms with Gasteiger partial charge in [-0.2, -0.15) is 0 Å². The lowest BCUT2D eigenvalue weighted by Crippen LogP contribution is -2.08. The van der Waals surface area contributed by atoms with Gasteiger partial charge in [0.15, 0.2) is 0 Å². The maximum atomic E-state index is 12.2. The average Bonchev–Trinajstić information content (AvgIpc) is 2.92. The summed E-state index contributed by atoms with van der Waals surface area (Å²) in [4.78, 5) is 12.2. The molecule has 0 bridgehead atoms. The van der Waals surface area contributed by atoms with Crippen LogP contribution in [0.2, 0.25) is 0 Å². The van der Waals surface area contributed by atoms with Crippen LogP contribution in [0.1, 0.15) is 135 Å². The van der Waals surface area contributed by atoms with E-state index in [0.717, 1.165) is 48.3 Å². The minimum Gasteiger partial charge on any atom is -0.494 e. The van der Waals surface area contributed by atoms with Crippen molar-refractivity contribution in [1.29, 1.82) is 0 Å². The molecule has 0 radical (unpaired) electrons. The Hall–Kier alpha value is -2.29. The van der Waals surface area contributed by atoms with Crippen LogP contribution < -0.4 is 4.74 Å². The van der Waals surface area contributed by atoms with Crippen molar-refractivity contribution < 1.29 is 14.3 Å². The van der Waals surface area contributed by atoms with E-state index < -0.39 is 0 Å². The normalized spacial score (nSPS) is 11.9. The van der Waals surface area contributed by atoms with E-state index >= 15 is 0 Å². The Morgan fingerprint density at radius 3 is 1.62 bits per heavy atom. The zero-order valence-corrected chi connectivity index (χ0v) is 23.9. The van der Waals surface area contributed by atoms with Crippen LogP contribution in [-0.4, -0.2) is 12.6 Å². The molecule has 0 fully saturated rings. The van der Waals surface area contributed by atoms with Gasteiger partial charge in [0, 0.05) is 6.42 Å². The first-order chi connectivity index (χ1) is 18.1. The van der Waals surface area contributed by atoms with Crippen molar-refractivity contribution in [2.75, 3.05) is 6.61 Å². The molecule has 3 heteroatoms. The lowest BCUT2D eigenvalue weighted by atomic mass is 10.0. The highest BCUT2D eigenvalue weighted by molar-refractivity contribution is 5.70. The molecule has 2 aromatic rings. The first-order valence-electron chi connectivity index (χ1n) is 15.2. The second kappa shape index (κ2) is 19.8. The number of rotatable bonds is 21. The molecule has 0 saturated carbocycles. The quantitative estimate of drug-likeness (QED) is 0.124. The molecule has 2 aromatic carbocycles. The summed E-state index contributed by atoms with van der Waals surface area (Å²) in [5.74, 6) is 0.843. The van der Waals surface area contributed by atoms with Gasteiger partial charge in [0.2, 0.25) is 0 Å². The molecule has 37 heavy (non-hydrogen) atoms. The number of benzene rings is 2. The van der Waals surface area contributed by atoms with Crippen molar-refractivity contribution in [3.63, 3.8) is 0 Å². The summed E-state index contributed by atoms with van der Waals surface area (Å²) in [5, 5.41) is 0. The van der Waals surface area contributed by atoms with Gasteiger partial charge in [0.05, 0.1) is 6.61 Å². The van der Waals surface area contributed by atoms with Crippen LogP contribution >= 0.6 is 0 Å². The third kappa shape index (κ3) is 13.7. The minimum absolute atomic E-state index is 0.0925. The monoisotopic (exact) mass is 508 g/mol. The van der Waals surface area contributed by atoms with Crippen molar-refractivity contribution in [1.82, 2.24) is 0 Å². The number of unbranched alkanes of at least 4 members (excludes halogenated alkanes) is 13. The van der Waals surface area contributed by atoms with Crippen LogP contribution in [0.5, 0.6) is 5.75 Å². The van der Waals surface area contributed by atoms with Crippen LogP contribution in [0.3, 0.4) is 0 Å². The molecule has 0 heterocycles. The van der Waals surface area contributed by atoms with E-state index in [2.05, 4.69) is 62.4 Å². The largest absolute Gasteiger partial charge is 0.494 e. The van der Waals surface area contributed by atoms with E-state index in [9.17, 15) is 4.79 Å². The highest BCUT2D eigenvalue weighted by Crippen LogP contribution is 2.26. The van der Waals surface area contributed by atoms with Gasteiger partial charge in [-0.05, 0) is 48.6 Å². The minimum atomic E-state index is -0.224. The van der Waals surface area contributed by atoms with Gasteiger partial charge >= 0.3 is 5.97 Å². The standard InChI is InChI=1S/C34H52O3/c1-4-6-8-10-12-13-14-16-18-28-36-33-26-24-32(25-27-33)31-22-20-30(21-23-31)29(3)37-34(35)19-17-15-11-9-7-5-2/h20-27,29H,4-19,28H2,1-3H3. The number of hydrogen-bond acceptors (Lipinski definition) is 3. The van der Waals surface area contributed by atoms with Crippen molar-refractivity contribution in [2.45, 2.75) is 130 Å². The fourth-order valence-electron chi connectivity index (χ4n) is 4.67. The summed E-state index contributed by atoms with van der Waals surface area (Å²) in [6, 6.07) is 16.7. The Morgan fingerprint density at radius 2 is 1.08 bits per heavy atom. The lowest BCUT2D eigenvalue weighted by molar-refractivity contribution is -0.148. The fourth-order valence-corrected chi connectivity index (χ4v) is 4.67. The zero-order valence-electron chi connectivity index (χ0n) is 23.9. The Labute approximate surface area is 227 Å². The van der Waals surface area contributed by atoms with E-state index in [1.54, 1.807) is 0 Å². The topological polar surface area (TPSA) is 35.5 Å². The van der Waals surface area contributed by atoms with E-state index in [0.29, 0.717) is 6.42 Å². The van der Waals surface area contributed by atoms with Gasteiger partial charge in [-0.3, -0.25) is 4.79 Å². The van der Waals surface area contributed by atoms with Crippen molar-refractivity contribution in [3.8, 4) is 16.9 Å². The molecule has 0 amide bonds. The van der Waals surface area contributed by atoms with Crippen LogP contribution in [0, 0.1) is 0 Å². The smallest absolute Gasteiger partial charge is 0.306 e. The van der Waals surface area contributed by atoms with E-state index in [-0.39, 0.29) is 12.1 Å². The van der Waals surface area contributed by atoms with Gasteiger partial charge in [-0.25, -0.2) is 0 Å². The van der Waals surface area contributed by atoms with Crippen LogP contribution in [0.4, 0.5) is 0 Å². The van der Waals surface area contributed by atoms with Crippen molar-refractivity contribution in [3.05, 3.63) is 54.1 Å². The lowest BCUT2D eigenvalue weighted by Gasteiger charge is -2.14. The summed E-state index contributed by atoms with van der Waals surface area (Å²) in [6.45, 7) is 7.23. The summed E-state index contributed by atoms with van der Waals surface area (Å²) < 4.78 is 11.6. The van der Waals surface area contributed by atoms with Crippen molar-refractivity contribution in [2.24, 2.45) is 0 Å². The van der Waals surface area contributed by atoms with Gasteiger partial charge in [0.25, 0.3) is 0 Å². The molecule has 1 atom stereocenters. The highest BCUT2D eigenvalue weighted by Gasteiger charge is 2.12. The molecular formula is C34H52O3. The molecule has 0 aliphatic heterocycles. The van der Waals surface area contributed by atoms with Gasteiger partial charge in [0.1, 0.15) is 11.9 Å². The van der Waals surface area contributed by atoms with Gasteiger partial charge in [-0.15, -0.1) is 0 Å². The molecule has 1 unspecified atom stereocenters. The third-order valence-electron chi connectivity index (χ3n) is 7.13. The second-order valence-electron chi connectivity index (χ2n) is 10.5. The molecular weight excluding hydrogens is 456 g/mol. The molecule has 0 spiro atoms. The predicted molar refractivity (Wildman–Crippen MR) is 157 cm³/mol. The number of carbonyl (C=O) groups is 1. The highest BCUT2D eigenvalue weighted by atomic mass is 16.5. The van der Waals surface area contributed by atoms with E-state index in [1.165, 1.54) is 77.0 Å². The van der Waals surface area contributed by atoms with Crippen molar-refractivity contribution >= 4 is 5.97 Å². The number of ether oxygens (including phenoxy) is 2. The first-order valence-corrected chi connectivity index (χ1v) is 15.2. The average molecular weight is 509 g/mol.